The van der Waals surface area contributed by atoms with Crippen molar-refractivity contribution >= 4 is 28.4 Å². The van der Waals surface area contributed by atoms with E-state index in [1.807, 2.05) is 23.9 Å². The number of carbonyl (C=O) groups excluding carboxylic acids is 2. The third-order valence-corrected chi connectivity index (χ3v) is 8.27. The van der Waals surface area contributed by atoms with Gasteiger partial charge in [0.15, 0.2) is 0 Å². The number of anilines is 1. The number of benzene rings is 1. The fourth-order valence-corrected chi connectivity index (χ4v) is 6.26. The molecule has 2 atom stereocenters. The summed E-state index contributed by atoms with van der Waals surface area (Å²) in [5.74, 6) is -0.181. The average molecular weight is 454 g/mol. The van der Waals surface area contributed by atoms with E-state index in [0.29, 0.717) is 24.7 Å². The van der Waals surface area contributed by atoms with Crippen molar-refractivity contribution < 1.29 is 14.7 Å². The number of nitrogens with zero attached hydrogens (tertiary/aromatic N) is 3. The molecule has 0 aliphatic carbocycles. The zero-order valence-electron chi connectivity index (χ0n) is 19.6. The highest BCUT2D eigenvalue weighted by Crippen LogP contribution is 2.40. The minimum absolute atomic E-state index is 0.208. The Balaban J connectivity index is 1.36. The second-order valence-electron chi connectivity index (χ2n) is 10.2. The van der Waals surface area contributed by atoms with Gasteiger partial charge in [-0.3, -0.25) is 19.6 Å². The van der Waals surface area contributed by atoms with Crippen LogP contribution in [-0.4, -0.2) is 58.5 Å². The first-order valence-corrected chi connectivity index (χ1v) is 12.3. The topological polar surface area (TPSA) is 99.5 Å². The molecular formula is C25H35N5O3. The second kappa shape index (κ2) is 8.72. The predicted molar refractivity (Wildman–Crippen MR) is 127 cm³/mol. The van der Waals surface area contributed by atoms with E-state index in [1.165, 1.54) is 0 Å². The van der Waals surface area contributed by atoms with Crippen LogP contribution in [0.15, 0.2) is 18.2 Å². The molecule has 2 amide bonds. The van der Waals surface area contributed by atoms with Crippen molar-refractivity contribution in [2.24, 2.45) is 18.9 Å². The van der Waals surface area contributed by atoms with Crippen LogP contribution in [0.25, 0.3) is 10.9 Å². The zero-order valence-corrected chi connectivity index (χ0v) is 19.6. The molecule has 4 heterocycles. The number of para-hydroxylation sites is 1. The Labute approximate surface area is 194 Å². The molecule has 33 heavy (non-hydrogen) atoms. The number of imide groups is 1. The summed E-state index contributed by atoms with van der Waals surface area (Å²) >= 11 is 0. The quantitative estimate of drug-likeness (QED) is 0.613. The lowest BCUT2D eigenvalue weighted by Crippen LogP contribution is -2.50. The summed E-state index contributed by atoms with van der Waals surface area (Å²) in [6, 6.07) is 6.19. The van der Waals surface area contributed by atoms with Gasteiger partial charge in [0.2, 0.25) is 11.8 Å². The molecule has 0 radical (unpaired) electrons. The number of nitrogens with one attached hydrogen (secondary N) is 2. The van der Waals surface area contributed by atoms with Gasteiger partial charge in [-0.2, -0.15) is 5.10 Å². The van der Waals surface area contributed by atoms with Gasteiger partial charge in [0.1, 0.15) is 0 Å². The molecule has 3 fully saturated rings. The molecule has 0 bridgehead atoms. The highest BCUT2D eigenvalue weighted by Gasteiger charge is 2.41. The van der Waals surface area contributed by atoms with E-state index < -0.39 is 11.5 Å². The fraction of sp³-hybridized carbons (Fsp3) is 0.640. The highest BCUT2D eigenvalue weighted by molar-refractivity contribution is 6.03. The van der Waals surface area contributed by atoms with Crippen molar-refractivity contribution in [2.45, 2.75) is 57.0 Å². The second-order valence-corrected chi connectivity index (χ2v) is 10.2. The number of rotatable bonds is 4. The van der Waals surface area contributed by atoms with Gasteiger partial charge in [-0.05, 0) is 70.0 Å². The Hall–Kier alpha value is -2.45. The van der Waals surface area contributed by atoms with Crippen LogP contribution in [0.5, 0.6) is 0 Å². The first-order valence-electron chi connectivity index (χ1n) is 12.3. The average Bonchev–Trinajstić information content (AvgIpc) is 3.16. The van der Waals surface area contributed by atoms with E-state index in [2.05, 4.69) is 28.5 Å². The number of aliphatic hydroxyl groups is 1. The Kier molecular flexibility index (Phi) is 5.91. The van der Waals surface area contributed by atoms with Crippen LogP contribution in [0.1, 0.15) is 57.1 Å². The maximum Gasteiger partial charge on any atom is 0.235 e. The number of aromatic nitrogens is 2. The molecule has 2 aromatic rings. The van der Waals surface area contributed by atoms with Gasteiger partial charge in [0.05, 0.1) is 28.4 Å². The molecule has 0 saturated carbocycles. The minimum Gasteiger partial charge on any atom is -0.390 e. The molecule has 3 aliphatic rings. The summed E-state index contributed by atoms with van der Waals surface area (Å²) in [6.45, 7) is 5.83. The van der Waals surface area contributed by atoms with Crippen molar-refractivity contribution in [3.05, 3.63) is 23.9 Å². The third-order valence-electron chi connectivity index (χ3n) is 8.27. The number of piperidine rings is 3. The molecule has 178 valence electrons. The van der Waals surface area contributed by atoms with E-state index in [1.54, 1.807) is 0 Å². The monoisotopic (exact) mass is 453 g/mol. The van der Waals surface area contributed by atoms with Gasteiger partial charge in [0.25, 0.3) is 0 Å². The predicted octanol–water partition coefficient (Wildman–Crippen LogP) is 2.06. The smallest absolute Gasteiger partial charge is 0.235 e. The summed E-state index contributed by atoms with van der Waals surface area (Å²) < 4.78 is 1.88. The van der Waals surface area contributed by atoms with Crippen LogP contribution in [0.2, 0.25) is 0 Å². The number of hydrogen-bond acceptors (Lipinski definition) is 6. The van der Waals surface area contributed by atoms with Gasteiger partial charge in [0, 0.05) is 31.9 Å². The first kappa shape index (κ1) is 22.3. The van der Waals surface area contributed by atoms with Crippen LogP contribution in [0, 0.1) is 11.8 Å². The van der Waals surface area contributed by atoms with Gasteiger partial charge < -0.3 is 15.3 Å². The Morgan fingerprint density at radius 2 is 1.76 bits per heavy atom. The van der Waals surface area contributed by atoms with E-state index in [9.17, 15) is 14.7 Å². The highest BCUT2D eigenvalue weighted by atomic mass is 16.3. The van der Waals surface area contributed by atoms with E-state index in [4.69, 9.17) is 5.10 Å². The Morgan fingerprint density at radius 1 is 1.06 bits per heavy atom. The standard InChI is InChI=1S/C25H35N5O3/c1-25(33,16-8-12-26-13-9-16)17-10-14-30(15-11-17)20-5-3-4-18-22(28-29(2)23(18)20)19-6-7-21(31)27-24(19)32/h3-5,16-17,19,26,33H,6-15H2,1-2H3,(H,27,31,32). The molecule has 2 unspecified atom stereocenters. The lowest BCUT2D eigenvalue weighted by molar-refractivity contribution is -0.134. The first-order chi connectivity index (χ1) is 15.9. The molecule has 3 aliphatic heterocycles. The molecule has 8 nitrogen and oxygen atoms in total. The van der Waals surface area contributed by atoms with Crippen molar-refractivity contribution in [1.29, 1.82) is 0 Å². The number of hydrogen-bond donors (Lipinski definition) is 3. The van der Waals surface area contributed by atoms with E-state index in [-0.39, 0.29) is 11.8 Å². The SMILES string of the molecule is Cn1nc(C2CCC(=O)NC2=O)c2cccc(N3CCC(C(C)(O)C4CCNCC4)CC3)c21. The number of fused-ring (bicyclic) bond motifs is 1. The summed E-state index contributed by atoms with van der Waals surface area (Å²) in [6.07, 6.45) is 4.86. The number of amides is 2. The number of aryl methyl sites for hydroxylation is 1. The molecule has 3 N–H and O–H groups in total. The molecule has 1 aromatic carbocycles. The van der Waals surface area contributed by atoms with Crippen molar-refractivity contribution in [2.75, 3.05) is 31.1 Å². The van der Waals surface area contributed by atoms with Crippen LogP contribution < -0.4 is 15.5 Å². The van der Waals surface area contributed by atoms with Crippen molar-refractivity contribution in [3.8, 4) is 0 Å². The van der Waals surface area contributed by atoms with Gasteiger partial charge >= 0.3 is 0 Å². The molecule has 5 rings (SSSR count). The van der Waals surface area contributed by atoms with Crippen LogP contribution in [0.3, 0.4) is 0 Å². The van der Waals surface area contributed by atoms with E-state index >= 15 is 0 Å². The lowest BCUT2D eigenvalue weighted by Gasteiger charge is -2.45. The zero-order chi connectivity index (χ0) is 23.2. The molecule has 0 spiro atoms. The fourth-order valence-electron chi connectivity index (χ4n) is 6.26. The van der Waals surface area contributed by atoms with Gasteiger partial charge in [-0.1, -0.05) is 12.1 Å². The minimum atomic E-state index is -0.619. The Bertz CT molecular complexity index is 1050. The molecule has 8 heteroatoms. The summed E-state index contributed by atoms with van der Waals surface area (Å²) in [4.78, 5) is 26.5. The largest absolute Gasteiger partial charge is 0.390 e. The van der Waals surface area contributed by atoms with E-state index in [0.717, 1.165) is 74.1 Å². The van der Waals surface area contributed by atoms with Crippen molar-refractivity contribution in [1.82, 2.24) is 20.4 Å². The summed E-state index contributed by atoms with van der Waals surface area (Å²) in [7, 11) is 1.93. The summed E-state index contributed by atoms with van der Waals surface area (Å²) in [5.41, 5.74) is 2.29. The van der Waals surface area contributed by atoms with Gasteiger partial charge in [-0.25, -0.2) is 0 Å². The van der Waals surface area contributed by atoms with Crippen LogP contribution in [0.4, 0.5) is 5.69 Å². The lowest BCUT2D eigenvalue weighted by atomic mass is 9.70. The summed E-state index contributed by atoms with van der Waals surface area (Å²) in [5, 5.41) is 23.0. The van der Waals surface area contributed by atoms with Crippen LogP contribution >= 0.6 is 0 Å². The maximum absolute atomic E-state index is 12.5. The number of carbonyl (C=O) groups is 2. The molecule has 3 saturated heterocycles. The third kappa shape index (κ3) is 4.04. The maximum atomic E-state index is 12.5. The van der Waals surface area contributed by atoms with Gasteiger partial charge in [-0.15, -0.1) is 0 Å². The molecular weight excluding hydrogens is 418 g/mol. The molecule has 1 aromatic heterocycles. The van der Waals surface area contributed by atoms with Crippen LogP contribution in [-0.2, 0) is 16.6 Å². The Morgan fingerprint density at radius 3 is 2.45 bits per heavy atom. The normalized spacial score (nSPS) is 25.3. The van der Waals surface area contributed by atoms with Crippen molar-refractivity contribution in [3.63, 3.8) is 0 Å².